The second kappa shape index (κ2) is 7.07. The summed E-state index contributed by atoms with van der Waals surface area (Å²) in [6.45, 7) is 0.303. The third-order valence-electron chi connectivity index (χ3n) is 4.44. The van der Waals surface area contributed by atoms with E-state index in [-0.39, 0.29) is 22.1 Å². The maximum atomic E-state index is 12.4. The maximum Gasteiger partial charge on any atom is 0.252 e. The third-order valence-corrected chi connectivity index (χ3v) is 7.94. The van der Waals surface area contributed by atoms with Crippen molar-refractivity contribution in [2.45, 2.75) is 22.5 Å². The van der Waals surface area contributed by atoms with Crippen LogP contribution >= 0.6 is 22.9 Å². The molecule has 0 saturated heterocycles. The predicted octanol–water partition coefficient (Wildman–Crippen LogP) is 2.87. The van der Waals surface area contributed by atoms with Crippen molar-refractivity contribution in [3.05, 3.63) is 52.4 Å². The van der Waals surface area contributed by atoms with Crippen molar-refractivity contribution < 1.29 is 13.2 Å². The van der Waals surface area contributed by atoms with Crippen LogP contribution in [0.2, 0.25) is 4.34 Å². The van der Waals surface area contributed by atoms with E-state index in [0.29, 0.717) is 10.9 Å². The lowest BCUT2D eigenvalue weighted by Crippen LogP contribution is -2.40. The summed E-state index contributed by atoms with van der Waals surface area (Å²) in [4.78, 5) is 12.2. The highest BCUT2D eigenvalue weighted by Crippen LogP contribution is 2.47. The number of nitrogens with one attached hydrogen (secondary N) is 1. The van der Waals surface area contributed by atoms with Crippen LogP contribution in [-0.2, 0) is 20.2 Å². The van der Waals surface area contributed by atoms with Crippen molar-refractivity contribution >= 4 is 38.9 Å². The van der Waals surface area contributed by atoms with Gasteiger partial charge in [-0.25, -0.2) is 8.42 Å². The van der Waals surface area contributed by atoms with Crippen molar-refractivity contribution in [2.75, 3.05) is 20.1 Å². The number of halogens is 1. The van der Waals surface area contributed by atoms with E-state index < -0.39 is 10.0 Å². The summed E-state index contributed by atoms with van der Waals surface area (Å²) in [7, 11) is -2.30. The number of benzene rings is 1. The molecule has 2 aromatic rings. The Bertz CT molecular complexity index is 861. The summed E-state index contributed by atoms with van der Waals surface area (Å²) in [5.41, 5.74) is 1.21. The molecule has 1 aromatic carbocycles. The average molecular weight is 399 g/mol. The van der Waals surface area contributed by atoms with Crippen LogP contribution in [0.4, 0.5) is 0 Å². The van der Waals surface area contributed by atoms with Crippen LogP contribution in [0.25, 0.3) is 0 Å². The van der Waals surface area contributed by atoms with Gasteiger partial charge in [0, 0.05) is 19.0 Å². The van der Waals surface area contributed by atoms with Crippen LogP contribution in [0.3, 0.4) is 0 Å². The molecule has 134 valence electrons. The van der Waals surface area contributed by atoms with Crippen LogP contribution < -0.4 is 5.32 Å². The van der Waals surface area contributed by atoms with Crippen LogP contribution in [-0.4, -0.2) is 38.8 Å². The minimum Gasteiger partial charge on any atom is -0.354 e. The zero-order valence-electron chi connectivity index (χ0n) is 13.7. The van der Waals surface area contributed by atoms with Crippen molar-refractivity contribution in [2.24, 2.45) is 0 Å². The molecule has 1 aromatic heterocycles. The Morgan fingerprint density at radius 3 is 2.48 bits per heavy atom. The fourth-order valence-corrected chi connectivity index (χ4v) is 5.53. The van der Waals surface area contributed by atoms with Gasteiger partial charge in [-0.2, -0.15) is 4.31 Å². The van der Waals surface area contributed by atoms with E-state index in [1.54, 1.807) is 0 Å². The Labute approximate surface area is 156 Å². The van der Waals surface area contributed by atoms with E-state index in [1.165, 1.54) is 24.7 Å². The monoisotopic (exact) mass is 398 g/mol. The van der Waals surface area contributed by atoms with Crippen LogP contribution in [0.15, 0.2) is 46.7 Å². The van der Waals surface area contributed by atoms with E-state index >= 15 is 0 Å². The molecular formula is C17H19ClN2O3S2. The number of likely N-dealkylation sites (N-methyl/N-ethyl adjacent to an activating group) is 1. The van der Waals surface area contributed by atoms with Gasteiger partial charge >= 0.3 is 0 Å². The quantitative estimate of drug-likeness (QED) is 0.779. The number of sulfonamides is 1. The third kappa shape index (κ3) is 4.06. The highest BCUT2D eigenvalue weighted by atomic mass is 35.5. The number of carbonyl (C=O) groups is 1. The molecule has 0 aliphatic heterocycles. The second-order valence-electron chi connectivity index (χ2n) is 6.24. The van der Waals surface area contributed by atoms with Gasteiger partial charge in [0.25, 0.3) is 10.0 Å². The van der Waals surface area contributed by atoms with Crippen LogP contribution in [0.5, 0.6) is 0 Å². The summed E-state index contributed by atoms with van der Waals surface area (Å²) in [6.07, 6.45) is 2.05. The molecule has 1 aliphatic rings. The lowest BCUT2D eigenvalue weighted by molar-refractivity contribution is -0.121. The number of hydrogen-bond acceptors (Lipinski definition) is 4. The van der Waals surface area contributed by atoms with Gasteiger partial charge in [0.05, 0.1) is 10.9 Å². The molecule has 1 fully saturated rings. The molecule has 1 amide bonds. The summed E-state index contributed by atoms with van der Waals surface area (Å²) in [6, 6.07) is 13.1. The fraction of sp³-hybridized carbons (Fsp3) is 0.353. The molecule has 3 rings (SSSR count). The lowest BCUT2D eigenvalue weighted by Gasteiger charge is -2.19. The lowest BCUT2D eigenvalue weighted by atomic mass is 9.96. The zero-order chi connectivity index (χ0) is 18.1. The van der Waals surface area contributed by atoms with Crippen molar-refractivity contribution in [1.82, 2.24) is 9.62 Å². The largest absolute Gasteiger partial charge is 0.354 e. The minimum atomic E-state index is -3.70. The molecular weight excluding hydrogens is 380 g/mol. The maximum absolute atomic E-state index is 12.4. The van der Waals surface area contributed by atoms with Gasteiger partial charge in [-0.1, -0.05) is 41.9 Å². The van der Waals surface area contributed by atoms with Gasteiger partial charge in [0.1, 0.15) is 4.21 Å². The highest BCUT2D eigenvalue weighted by Gasteiger charge is 2.44. The molecule has 0 atom stereocenters. The van der Waals surface area contributed by atoms with Gasteiger partial charge in [-0.3, -0.25) is 4.79 Å². The van der Waals surface area contributed by atoms with Crippen molar-refractivity contribution in [1.29, 1.82) is 0 Å². The Morgan fingerprint density at radius 1 is 1.24 bits per heavy atom. The molecule has 0 bridgehead atoms. The SMILES string of the molecule is CN(CC(=O)NCC1(c2ccccc2)CC1)S(=O)(=O)c1ccc(Cl)s1. The number of thiophene rings is 1. The van der Waals surface area contributed by atoms with Crippen molar-refractivity contribution in [3.63, 3.8) is 0 Å². The van der Waals surface area contributed by atoms with Gasteiger partial charge in [-0.15, -0.1) is 11.3 Å². The number of amides is 1. The standard InChI is InChI=1S/C17H19ClN2O3S2/c1-20(25(22,23)16-8-7-14(18)24-16)11-15(21)19-12-17(9-10-17)13-5-3-2-4-6-13/h2-8H,9-12H2,1H3,(H,19,21). The normalized spacial score (nSPS) is 16.0. The molecule has 1 aliphatic carbocycles. The molecule has 0 radical (unpaired) electrons. The molecule has 0 unspecified atom stereocenters. The number of rotatable bonds is 7. The Hall–Kier alpha value is -1.41. The van der Waals surface area contributed by atoms with Gasteiger partial charge in [0.15, 0.2) is 0 Å². The van der Waals surface area contributed by atoms with E-state index in [9.17, 15) is 13.2 Å². The first kappa shape index (κ1) is 18.4. The Kier molecular flexibility index (Phi) is 5.20. The molecule has 1 N–H and O–H groups in total. The Morgan fingerprint density at radius 2 is 1.92 bits per heavy atom. The summed E-state index contributed by atoms with van der Waals surface area (Å²) in [5, 5.41) is 2.88. The van der Waals surface area contributed by atoms with Gasteiger partial charge in [0.2, 0.25) is 5.91 Å². The summed E-state index contributed by atoms with van der Waals surface area (Å²) < 4.78 is 26.4. The molecule has 25 heavy (non-hydrogen) atoms. The van der Waals surface area contributed by atoms with E-state index in [4.69, 9.17) is 11.6 Å². The summed E-state index contributed by atoms with van der Waals surface area (Å²) >= 11 is 6.78. The average Bonchev–Trinajstić information content (AvgIpc) is 3.26. The van der Waals surface area contributed by atoms with Gasteiger partial charge < -0.3 is 5.32 Å². The first-order valence-corrected chi connectivity index (χ1v) is 10.5. The van der Waals surface area contributed by atoms with Crippen LogP contribution in [0, 0.1) is 0 Å². The van der Waals surface area contributed by atoms with E-state index in [1.807, 2.05) is 18.2 Å². The zero-order valence-corrected chi connectivity index (χ0v) is 16.1. The summed E-state index contributed by atoms with van der Waals surface area (Å²) in [5.74, 6) is -0.309. The van der Waals surface area contributed by atoms with E-state index in [2.05, 4.69) is 17.4 Å². The second-order valence-corrected chi connectivity index (χ2v) is 10.2. The molecule has 8 heteroatoms. The van der Waals surface area contributed by atoms with E-state index in [0.717, 1.165) is 28.5 Å². The first-order valence-electron chi connectivity index (χ1n) is 7.87. The minimum absolute atomic E-state index is 0.00432. The number of hydrogen-bond donors (Lipinski definition) is 1. The molecule has 1 heterocycles. The molecule has 1 saturated carbocycles. The topological polar surface area (TPSA) is 66.5 Å². The number of carbonyl (C=O) groups excluding carboxylic acids is 1. The van der Waals surface area contributed by atoms with Crippen molar-refractivity contribution in [3.8, 4) is 0 Å². The van der Waals surface area contributed by atoms with Gasteiger partial charge in [-0.05, 0) is 30.5 Å². The smallest absolute Gasteiger partial charge is 0.252 e. The molecule has 0 spiro atoms. The predicted molar refractivity (Wildman–Crippen MR) is 99.5 cm³/mol. The fourth-order valence-electron chi connectivity index (χ4n) is 2.71. The Balaban J connectivity index is 1.58. The van der Waals surface area contributed by atoms with Crippen LogP contribution in [0.1, 0.15) is 18.4 Å². The number of nitrogens with zero attached hydrogens (tertiary/aromatic N) is 1. The highest BCUT2D eigenvalue weighted by molar-refractivity contribution is 7.91. The first-order chi connectivity index (χ1) is 11.8. The molecule has 5 nitrogen and oxygen atoms in total.